The molecular formula is C22H28FN5O4S. The molecule has 0 spiro atoms. The van der Waals surface area contributed by atoms with Gasteiger partial charge in [0, 0.05) is 24.1 Å². The van der Waals surface area contributed by atoms with E-state index in [-0.39, 0.29) is 28.6 Å². The molecule has 4 N–H and O–H groups in total. The molecule has 3 heterocycles. The number of rotatable bonds is 8. The van der Waals surface area contributed by atoms with Crippen molar-refractivity contribution in [2.45, 2.75) is 32.3 Å². The Bertz CT molecular complexity index is 1020. The number of carbonyl (C=O) groups is 2. The number of hydrogen-bond acceptors (Lipinski definition) is 7. The molecule has 0 saturated carbocycles. The van der Waals surface area contributed by atoms with Gasteiger partial charge in [0.1, 0.15) is 28.7 Å². The smallest absolute Gasteiger partial charge is 0.319 e. The van der Waals surface area contributed by atoms with Crippen LogP contribution in [0, 0.1) is 11.7 Å². The zero-order valence-electron chi connectivity index (χ0n) is 18.5. The van der Waals surface area contributed by atoms with E-state index in [1.54, 1.807) is 6.07 Å². The highest BCUT2D eigenvalue weighted by atomic mass is 32.1. The molecule has 1 aromatic heterocycles. The van der Waals surface area contributed by atoms with Crippen molar-refractivity contribution in [3.8, 4) is 11.6 Å². The summed E-state index contributed by atoms with van der Waals surface area (Å²) in [6.07, 6.45) is 3.81. The first-order chi connectivity index (χ1) is 15.9. The van der Waals surface area contributed by atoms with E-state index in [1.165, 1.54) is 6.07 Å². The first kappa shape index (κ1) is 23.2. The van der Waals surface area contributed by atoms with Gasteiger partial charge in [-0.3, -0.25) is 10.1 Å². The SMILES string of the molecule is CN1CCC(CCNC(=O)Nc2snc(OCc3cc4c(cc3F)CCO4)c2C(N)=O)CC1. The fraction of sp³-hybridized carbons (Fsp3) is 0.500. The monoisotopic (exact) mass is 477 g/mol. The first-order valence-electron chi connectivity index (χ1n) is 11.0. The van der Waals surface area contributed by atoms with Crippen LogP contribution in [-0.4, -0.2) is 54.5 Å². The predicted molar refractivity (Wildman–Crippen MR) is 122 cm³/mol. The van der Waals surface area contributed by atoms with E-state index in [4.69, 9.17) is 15.2 Å². The molecule has 9 nitrogen and oxygen atoms in total. The third-order valence-electron chi connectivity index (χ3n) is 6.03. The minimum Gasteiger partial charge on any atom is -0.493 e. The molecule has 2 aliphatic rings. The predicted octanol–water partition coefficient (Wildman–Crippen LogP) is 2.75. The molecule has 4 rings (SSSR count). The zero-order valence-corrected chi connectivity index (χ0v) is 19.3. The summed E-state index contributed by atoms with van der Waals surface area (Å²) in [6, 6.07) is 2.58. The normalized spacial score (nSPS) is 16.2. The molecule has 1 fully saturated rings. The molecule has 2 aliphatic heterocycles. The number of amides is 3. The number of carbonyl (C=O) groups excluding carboxylic acids is 2. The van der Waals surface area contributed by atoms with Crippen LogP contribution in [0.3, 0.4) is 0 Å². The highest BCUT2D eigenvalue weighted by Crippen LogP contribution is 2.32. The van der Waals surface area contributed by atoms with Crippen LogP contribution in [0.4, 0.5) is 14.2 Å². The van der Waals surface area contributed by atoms with E-state index >= 15 is 0 Å². The number of hydrogen-bond donors (Lipinski definition) is 3. The van der Waals surface area contributed by atoms with E-state index in [1.807, 2.05) is 0 Å². The van der Waals surface area contributed by atoms with Crippen LogP contribution in [0.15, 0.2) is 12.1 Å². The van der Waals surface area contributed by atoms with Crippen molar-refractivity contribution in [3.05, 3.63) is 34.6 Å². The lowest BCUT2D eigenvalue weighted by atomic mass is 9.94. The van der Waals surface area contributed by atoms with Crippen LogP contribution in [0.2, 0.25) is 0 Å². The summed E-state index contributed by atoms with van der Waals surface area (Å²) in [6.45, 7) is 3.05. The maximum Gasteiger partial charge on any atom is 0.319 e. The van der Waals surface area contributed by atoms with Gasteiger partial charge >= 0.3 is 6.03 Å². The number of anilines is 1. The van der Waals surface area contributed by atoms with Gasteiger partial charge in [-0.05, 0) is 69.0 Å². The molecule has 0 aliphatic carbocycles. The fourth-order valence-corrected chi connectivity index (χ4v) is 4.79. The van der Waals surface area contributed by atoms with E-state index in [0.29, 0.717) is 31.2 Å². The van der Waals surface area contributed by atoms with Gasteiger partial charge in [-0.15, -0.1) is 0 Å². The number of piperidine rings is 1. The average molecular weight is 478 g/mol. The average Bonchev–Trinajstić information content (AvgIpc) is 3.39. The maximum absolute atomic E-state index is 14.3. The number of nitrogens with zero attached hydrogens (tertiary/aromatic N) is 2. The molecule has 0 unspecified atom stereocenters. The van der Waals surface area contributed by atoms with Crippen molar-refractivity contribution >= 4 is 28.5 Å². The van der Waals surface area contributed by atoms with E-state index in [9.17, 15) is 14.0 Å². The van der Waals surface area contributed by atoms with Gasteiger partial charge in [-0.25, -0.2) is 9.18 Å². The fourth-order valence-electron chi connectivity index (χ4n) is 4.06. The number of primary amides is 1. The number of ether oxygens (including phenoxy) is 2. The molecule has 11 heteroatoms. The Kier molecular flexibility index (Phi) is 7.29. The van der Waals surface area contributed by atoms with Gasteiger partial charge in [0.2, 0.25) is 5.88 Å². The topological polar surface area (TPSA) is 119 Å². The number of benzene rings is 1. The molecular weight excluding hydrogens is 449 g/mol. The van der Waals surface area contributed by atoms with Crippen molar-refractivity contribution in [3.63, 3.8) is 0 Å². The molecule has 0 radical (unpaired) electrons. The van der Waals surface area contributed by atoms with Crippen molar-refractivity contribution in [2.24, 2.45) is 11.7 Å². The van der Waals surface area contributed by atoms with Crippen LogP contribution in [0.1, 0.15) is 40.7 Å². The molecule has 33 heavy (non-hydrogen) atoms. The molecule has 1 saturated heterocycles. The minimum atomic E-state index is -0.793. The lowest BCUT2D eigenvalue weighted by Crippen LogP contribution is -2.34. The summed E-state index contributed by atoms with van der Waals surface area (Å²) < 4.78 is 29.5. The second-order valence-electron chi connectivity index (χ2n) is 8.41. The Labute approximate surface area is 195 Å². The molecule has 0 bridgehead atoms. The van der Waals surface area contributed by atoms with Crippen LogP contribution in [0.25, 0.3) is 0 Å². The number of likely N-dealkylation sites (tertiary alicyclic amines) is 1. The van der Waals surface area contributed by atoms with Gasteiger partial charge < -0.3 is 25.4 Å². The number of nitrogens with two attached hydrogens (primary N) is 1. The molecule has 178 valence electrons. The van der Waals surface area contributed by atoms with Gasteiger partial charge in [0.25, 0.3) is 5.91 Å². The number of halogens is 1. The third-order valence-corrected chi connectivity index (χ3v) is 6.78. The number of fused-ring (bicyclic) bond motifs is 1. The summed E-state index contributed by atoms with van der Waals surface area (Å²) >= 11 is 0.882. The van der Waals surface area contributed by atoms with E-state index in [0.717, 1.165) is 49.4 Å². The summed E-state index contributed by atoms with van der Waals surface area (Å²) in [5.41, 5.74) is 6.55. The Morgan fingerprint density at radius 3 is 2.91 bits per heavy atom. The minimum absolute atomic E-state index is 0.0386. The summed E-state index contributed by atoms with van der Waals surface area (Å²) in [5.74, 6) is -0.0377. The third kappa shape index (κ3) is 5.72. The second-order valence-corrected chi connectivity index (χ2v) is 9.18. The van der Waals surface area contributed by atoms with Crippen molar-refractivity contribution < 1.29 is 23.5 Å². The van der Waals surface area contributed by atoms with Crippen molar-refractivity contribution in [1.82, 2.24) is 14.6 Å². The zero-order chi connectivity index (χ0) is 23.4. The maximum atomic E-state index is 14.3. The molecule has 3 amide bonds. The summed E-state index contributed by atoms with van der Waals surface area (Å²) in [4.78, 5) is 26.6. The van der Waals surface area contributed by atoms with Crippen LogP contribution in [0.5, 0.6) is 11.6 Å². The van der Waals surface area contributed by atoms with Crippen LogP contribution >= 0.6 is 11.5 Å². The standard InChI is InChI=1S/C22H28FN5O4S/c1-28-7-3-13(4-8-28)2-6-25-22(30)26-21-18(19(24)29)20(27-33-21)32-12-15-11-17-14(5-9-31-17)10-16(15)23/h10-11,13H,2-9,12H2,1H3,(H2,24,29)(H2,25,26,30). The van der Waals surface area contributed by atoms with Gasteiger partial charge in [-0.2, -0.15) is 4.37 Å². The van der Waals surface area contributed by atoms with E-state index in [2.05, 4.69) is 27.0 Å². The lowest BCUT2D eigenvalue weighted by molar-refractivity contribution is 0.0996. The van der Waals surface area contributed by atoms with Gasteiger partial charge in [0.15, 0.2) is 0 Å². The largest absolute Gasteiger partial charge is 0.493 e. The molecule has 0 atom stereocenters. The Balaban J connectivity index is 1.33. The highest BCUT2D eigenvalue weighted by Gasteiger charge is 2.23. The Morgan fingerprint density at radius 2 is 2.15 bits per heavy atom. The number of urea groups is 1. The van der Waals surface area contributed by atoms with E-state index < -0.39 is 17.8 Å². The van der Waals surface area contributed by atoms with Crippen molar-refractivity contribution in [1.29, 1.82) is 0 Å². The molecule has 2 aromatic rings. The second kappa shape index (κ2) is 10.3. The number of nitrogens with one attached hydrogen (secondary N) is 2. The highest BCUT2D eigenvalue weighted by molar-refractivity contribution is 7.11. The van der Waals surface area contributed by atoms with Crippen LogP contribution < -0.4 is 25.8 Å². The summed E-state index contributed by atoms with van der Waals surface area (Å²) in [7, 11) is 2.11. The van der Waals surface area contributed by atoms with Crippen LogP contribution in [-0.2, 0) is 13.0 Å². The first-order valence-corrected chi connectivity index (χ1v) is 11.8. The molecule has 1 aromatic carbocycles. The van der Waals surface area contributed by atoms with Gasteiger partial charge in [-0.1, -0.05) is 0 Å². The number of aromatic nitrogens is 1. The quantitative estimate of drug-likeness (QED) is 0.538. The summed E-state index contributed by atoms with van der Waals surface area (Å²) in [5, 5.41) is 5.62. The van der Waals surface area contributed by atoms with Crippen molar-refractivity contribution in [2.75, 3.05) is 38.6 Å². The Morgan fingerprint density at radius 1 is 1.36 bits per heavy atom. The lowest BCUT2D eigenvalue weighted by Gasteiger charge is -2.28. The Hall–Kier alpha value is -2.92. The van der Waals surface area contributed by atoms with Gasteiger partial charge in [0.05, 0.1) is 6.61 Å².